The molecule has 0 fully saturated rings. The Morgan fingerprint density at radius 1 is 1.38 bits per heavy atom. The molecule has 0 aliphatic heterocycles. The Labute approximate surface area is 124 Å². The van der Waals surface area contributed by atoms with Gasteiger partial charge in [-0.15, -0.1) is 0 Å². The highest BCUT2D eigenvalue weighted by Gasteiger charge is 2.26. The minimum Gasteiger partial charge on any atom is -0.396 e. The normalized spacial score (nSPS) is 11.8. The molecule has 2 aromatic rings. The lowest BCUT2D eigenvalue weighted by molar-refractivity contribution is 0.0907. The van der Waals surface area contributed by atoms with Crippen molar-refractivity contribution in [3.63, 3.8) is 0 Å². The summed E-state index contributed by atoms with van der Waals surface area (Å²) in [4.78, 5) is 12.3. The number of hydrogen-bond acceptors (Lipinski definition) is 3. The van der Waals surface area contributed by atoms with Gasteiger partial charge in [0.1, 0.15) is 0 Å². The van der Waals surface area contributed by atoms with E-state index >= 15 is 0 Å². The van der Waals surface area contributed by atoms with Crippen LogP contribution in [0.1, 0.15) is 43.5 Å². The molecule has 5 nitrogen and oxygen atoms in total. The average Bonchev–Trinajstić information content (AvgIpc) is 2.98. The Morgan fingerprint density at radius 2 is 2.14 bits per heavy atom. The number of fused-ring (bicyclic) bond motifs is 1. The number of rotatable bonds is 7. The molecule has 0 atom stereocenters. The summed E-state index contributed by atoms with van der Waals surface area (Å²) in [6.07, 6.45) is 4.29. The molecule has 1 amide bonds. The molecule has 114 valence electrons. The fourth-order valence-corrected chi connectivity index (χ4v) is 2.63. The van der Waals surface area contributed by atoms with Crippen molar-refractivity contribution < 1.29 is 9.90 Å². The van der Waals surface area contributed by atoms with E-state index in [1.165, 1.54) is 0 Å². The Bertz CT molecular complexity index is 602. The van der Waals surface area contributed by atoms with Crippen LogP contribution in [-0.2, 0) is 0 Å². The monoisotopic (exact) mass is 289 g/mol. The van der Waals surface area contributed by atoms with E-state index in [0.717, 1.165) is 23.7 Å². The number of aromatic nitrogens is 2. The average molecular weight is 289 g/mol. The summed E-state index contributed by atoms with van der Waals surface area (Å²) in [6.45, 7) is 4.94. The largest absolute Gasteiger partial charge is 0.396 e. The van der Waals surface area contributed by atoms with Crippen LogP contribution in [0.25, 0.3) is 10.9 Å². The summed E-state index contributed by atoms with van der Waals surface area (Å²) in [5.74, 6) is -0.0812. The fourth-order valence-electron chi connectivity index (χ4n) is 2.63. The number of H-pyrrole nitrogens is 1. The van der Waals surface area contributed by atoms with Gasteiger partial charge in [0, 0.05) is 24.1 Å². The first-order valence-corrected chi connectivity index (χ1v) is 7.46. The van der Waals surface area contributed by atoms with Gasteiger partial charge < -0.3 is 10.4 Å². The number of aromatic amines is 1. The Morgan fingerprint density at radius 3 is 2.81 bits per heavy atom. The van der Waals surface area contributed by atoms with Crippen molar-refractivity contribution in [2.75, 3.05) is 13.2 Å². The van der Waals surface area contributed by atoms with Gasteiger partial charge in [0.2, 0.25) is 0 Å². The summed E-state index contributed by atoms with van der Waals surface area (Å²) in [5.41, 5.74) is 1.53. The lowest BCUT2D eigenvalue weighted by atomic mass is 9.79. The van der Waals surface area contributed by atoms with Crippen molar-refractivity contribution in [3.8, 4) is 0 Å². The summed E-state index contributed by atoms with van der Waals surface area (Å²) in [6, 6.07) is 5.49. The summed E-state index contributed by atoms with van der Waals surface area (Å²) >= 11 is 0. The maximum absolute atomic E-state index is 12.3. The third kappa shape index (κ3) is 3.42. The number of benzene rings is 1. The van der Waals surface area contributed by atoms with Crippen LogP contribution in [-0.4, -0.2) is 34.4 Å². The van der Waals surface area contributed by atoms with Gasteiger partial charge >= 0.3 is 0 Å². The molecular formula is C16H23N3O2. The summed E-state index contributed by atoms with van der Waals surface area (Å²) in [5, 5.41) is 20.0. The second-order valence-electron chi connectivity index (χ2n) is 5.54. The number of aliphatic hydroxyl groups is 1. The maximum atomic E-state index is 12.3. The smallest absolute Gasteiger partial charge is 0.251 e. The highest BCUT2D eigenvalue weighted by atomic mass is 16.3. The Kier molecular flexibility index (Phi) is 4.96. The van der Waals surface area contributed by atoms with Crippen LogP contribution in [0.2, 0.25) is 0 Å². The van der Waals surface area contributed by atoms with Gasteiger partial charge in [-0.05, 0) is 42.9 Å². The Balaban J connectivity index is 2.06. The molecule has 0 saturated carbocycles. The first-order chi connectivity index (χ1) is 10.1. The van der Waals surface area contributed by atoms with Crippen LogP contribution in [0.3, 0.4) is 0 Å². The van der Waals surface area contributed by atoms with E-state index in [-0.39, 0.29) is 17.9 Å². The number of nitrogens with zero attached hydrogens (tertiary/aromatic N) is 1. The molecule has 0 unspecified atom stereocenters. The molecule has 0 radical (unpaired) electrons. The van der Waals surface area contributed by atoms with E-state index in [9.17, 15) is 9.90 Å². The van der Waals surface area contributed by atoms with Gasteiger partial charge in [0.25, 0.3) is 5.91 Å². The fraction of sp³-hybridized carbons (Fsp3) is 0.500. The highest BCUT2D eigenvalue weighted by Crippen LogP contribution is 2.29. The van der Waals surface area contributed by atoms with E-state index < -0.39 is 0 Å². The summed E-state index contributed by atoms with van der Waals surface area (Å²) < 4.78 is 0. The van der Waals surface area contributed by atoms with Crippen molar-refractivity contribution in [1.29, 1.82) is 0 Å². The molecule has 1 aromatic heterocycles. The number of carbonyl (C=O) groups is 1. The molecule has 0 aliphatic carbocycles. The standard InChI is InChI=1S/C16H23N3O2/c1-3-16(4-2,7-8-20)11-17-15(21)12-5-6-14-13(9-12)10-18-19-14/h5-6,9-10,20H,3-4,7-8,11H2,1-2H3,(H,17,21)(H,18,19). The van der Waals surface area contributed by atoms with Gasteiger partial charge in [0.05, 0.1) is 11.7 Å². The molecule has 0 aliphatic rings. The number of hydrogen-bond donors (Lipinski definition) is 3. The topological polar surface area (TPSA) is 78.0 Å². The first-order valence-electron chi connectivity index (χ1n) is 7.46. The summed E-state index contributed by atoms with van der Waals surface area (Å²) in [7, 11) is 0. The number of nitrogens with one attached hydrogen (secondary N) is 2. The number of carbonyl (C=O) groups excluding carboxylic acids is 1. The second-order valence-corrected chi connectivity index (χ2v) is 5.54. The molecule has 2 rings (SSSR count). The van der Waals surface area contributed by atoms with Crippen molar-refractivity contribution in [3.05, 3.63) is 30.0 Å². The van der Waals surface area contributed by atoms with Crippen molar-refractivity contribution in [1.82, 2.24) is 15.5 Å². The molecule has 0 bridgehead atoms. The lowest BCUT2D eigenvalue weighted by Crippen LogP contribution is -2.37. The van der Waals surface area contributed by atoms with Gasteiger partial charge in [-0.2, -0.15) is 5.10 Å². The van der Waals surface area contributed by atoms with E-state index in [1.807, 2.05) is 12.1 Å². The lowest BCUT2D eigenvalue weighted by Gasteiger charge is -2.31. The third-order valence-corrected chi connectivity index (χ3v) is 4.47. The zero-order valence-electron chi connectivity index (χ0n) is 12.6. The molecule has 1 heterocycles. The van der Waals surface area contributed by atoms with Gasteiger partial charge in [-0.3, -0.25) is 9.89 Å². The van der Waals surface area contributed by atoms with E-state index in [2.05, 4.69) is 29.4 Å². The Hall–Kier alpha value is -1.88. The number of amides is 1. The molecule has 1 aromatic carbocycles. The van der Waals surface area contributed by atoms with Crippen molar-refractivity contribution >= 4 is 16.8 Å². The number of aliphatic hydroxyl groups excluding tert-OH is 1. The van der Waals surface area contributed by atoms with Crippen LogP contribution in [0.15, 0.2) is 24.4 Å². The highest BCUT2D eigenvalue weighted by molar-refractivity contribution is 5.97. The van der Waals surface area contributed by atoms with Crippen molar-refractivity contribution in [2.24, 2.45) is 5.41 Å². The second kappa shape index (κ2) is 6.72. The quantitative estimate of drug-likeness (QED) is 0.732. The van der Waals surface area contributed by atoms with Gasteiger partial charge in [-0.25, -0.2) is 0 Å². The molecule has 5 heteroatoms. The van der Waals surface area contributed by atoms with Crippen molar-refractivity contribution in [2.45, 2.75) is 33.1 Å². The van der Waals surface area contributed by atoms with Gasteiger partial charge in [-0.1, -0.05) is 13.8 Å². The van der Waals surface area contributed by atoms with Crippen LogP contribution in [0.4, 0.5) is 0 Å². The third-order valence-electron chi connectivity index (χ3n) is 4.47. The molecule has 0 saturated heterocycles. The van der Waals surface area contributed by atoms with E-state index in [1.54, 1.807) is 12.3 Å². The van der Waals surface area contributed by atoms with Crippen LogP contribution in [0, 0.1) is 5.41 Å². The zero-order chi connectivity index (χ0) is 15.3. The molecular weight excluding hydrogens is 266 g/mol. The van der Waals surface area contributed by atoms with E-state index in [4.69, 9.17) is 0 Å². The molecule has 0 spiro atoms. The van der Waals surface area contributed by atoms with Crippen LogP contribution < -0.4 is 5.32 Å². The SMILES string of the molecule is CCC(CC)(CCO)CNC(=O)c1ccc2[nH]ncc2c1. The minimum atomic E-state index is -0.0812. The predicted molar refractivity (Wildman–Crippen MR) is 83.1 cm³/mol. The zero-order valence-corrected chi connectivity index (χ0v) is 12.6. The predicted octanol–water partition coefficient (Wildman–Crippen LogP) is 2.48. The molecule has 3 N–H and O–H groups in total. The maximum Gasteiger partial charge on any atom is 0.251 e. The van der Waals surface area contributed by atoms with E-state index in [0.29, 0.717) is 18.5 Å². The first kappa shape index (κ1) is 15.5. The minimum absolute atomic E-state index is 0.0237. The van der Waals surface area contributed by atoms with Gasteiger partial charge in [0.15, 0.2) is 0 Å². The van der Waals surface area contributed by atoms with Crippen LogP contribution in [0.5, 0.6) is 0 Å². The molecule has 21 heavy (non-hydrogen) atoms. The van der Waals surface area contributed by atoms with Crippen LogP contribution >= 0.6 is 0 Å².